The van der Waals surface area contributed by atoms with Gasteiger partial charge in [-0.3, -0.25) is 0 Å². The van der Waals surface area contributed by atoms with Crippen LogP contribution in [0, 0.1) is 0 Å². The maximum absolute atomic E-state index is 3.66. The van der Waals surface area contributed by atoms with Gasteiger partial charge in [0, 0.05) is 18.0 Å². The largest absolute Gasteiger partial charge is 0.241 e. The smallest absolute Gasteiger partial charge is 0.0377 e. The average Bonchev–Trinajstić information content (AvgIpc) is 1.69. The summed E-state index contributed by atoms with van der Waals surface area (Å²) in [7, 11) is 1.72. The van der Waals surface area contributed by atoms with E-state index in [1.807, 2.05) is 6.08 Å². The zero-order valence-electron chi connectivity index (χ0n) is 4.39. The molecule has 2 heteroatoms. The molecule has 1 nitrogen and oxygen atoms in total. The van der Waals surface area contributed by atoms with Crippen molar-refractivity contribution in [3.05, 3.63) is 12.7 Å². The Morgan fingerprint density at radius 3 is 3.14 bits per heavy atom. The lowest BCUT2D eigenvalue weighted by Crippen LogP contribution is -1.55. The molecule has 0 N–H and O–H groups in total. The van der Waals surface area contributed by atoms with Crippen LogP contribution in [-0.2, 0) is 0 Å². The highest BCUT2D eigenvalue weighted by Gasteiger charge is 1.56. The van der Waals surface area contributed by atoms with Gasteiger partial charge in [0.25, 0.3) is 0 Å². The highest BCUT2D eigenvalue weighted by molar-refractivity contribution is 7.97. The molecule has 0 bridgehead atoms. The van der Waals surface area contributed by atoms with Crippen LogP contribution in [0.1, 0.15) is 0 Å². The zero-order valence-corrected chi connectivity index (χ0v) is 5.28. The van der Waals surface area contributed by atoms with Gasteiger partial charge in [-0.15, -0.1) is 17.9 Å². The predicted octanol–water partition coefficient (Wildman–Crippen LogP) is 1.17. The second-order valence-electron chi connectivity index (χ2n) is 0.953. The molecule has 0 heterocycles. The molecule has 0 aromatic heterocycles. The van der Waals surface area contributed by atoms with Crippen molar-refractivity contribution in [2.24, 2.45) is 4.99 Å². The first-order valence-corrected chi connectivity index (χ1v) is 3.11. The van der Waals surface area contributed by atoms with Crippen LogP contribution in [0.3, 0.4) is 0 Å². The Morgan fingerprint density at radius 1 is 2.00 bits per heavy atom. The summed E-state index contributed by atoms with van der Waals surface area (Å²) < 4.78 is 0. The third-order valence-electron chi connectivity index (χ3n) is 0.391. The Hall–Kier alpha value is -0.330. The molecule has 0 radical (unpaired) electrons. The summed E-state index contributed by atoms with van der Waals surface area (Å²) in [5, 5.41) is 2.78. The molecule has 0 atom stereocenters. The molecule has 0 unspecified atom stereocenters. The summed E-state index contributed by atoms with van der Waals surface area (Å²) in [6, 6.07) is 0. The number of isothiocyanates is 1. The lowest BCUT2D eigenvalue weighted by molar-refractivity contribution is 1.49. The van der Waals surface area contributed by atoms with Gasteiger partial charge in [-0.2, -0.15) is 0 Å². The van der Waals surface area contributed by atoms with Crippen LogP contribution in [0.25, 0.3) is 0 Å². The van der Waals surface area contributed by atoms with E-state index in [2.05, 4.69) is 16.7 Å². The molecule has 0 saturated carbocycles. The van der Waals surface area contributed by atoms with Crippen molar-refractivity contribution in [2.75, 3.05) is 12.8 Å². The first-order chi connectivity index (χ1) is 3.41. The second kappa shape index (κ2) is 5.67. The lowest BCUT2D eigenvalue weighted by Gasteiger charge is -1.68. The number of rotatable bonds is 2. The normalized spacial score (nSPS) is 7.00. The maximum Gasteiger partial charge on any atom is 0.0377 e. The van der Waals surface area contributed by atoms with E-state index in [1.165, 1.54) is 0 Å². The van der Waals surface area contributed by atoms with E-state index in [0.29, 0.717) is 0 Å². The molecule has 0 rings (SSSR count). The van der Waals surface area contributed by atoms with Crippen LogP contribution < -0.4 is 0 Å². The minimum atomic E-state index is 0.956. The first-order valence-electron chi connectivity index (χ1n) is 2.03. The van der Waals surface area contributed by atoms with Crippen LogP contribution in [0.4, 0.5) is 0 Å². The van der Waals surface area contributed by atoms with Crippen molar-refractivity contribution >= 4 is 16.5 Å². The number of hydrogen-bond donors (Lipinski definition) is 1. The van der Waals surface area contributed by atoms with Crippen molar-refractivity contribution in [1.82, 2.24) is 0 Å². The highest BCUT2D eigenvalue weighted by atomic mass is 32.1. The molecule has 0 aromatic carbocycles. The number of thiol groups is 1. The molecule has 0 saturated heterocycles. The van der Waals surface area contributed by atoms with Gasteiger partial charge in [0.1, 0.15) is 0 Å². The Balaban J connectivity index is 3.27. The van der Waals surface area contributed by atoms with Crippen molar-refractivity contribution < 1.29 is 0 Å². The van der Waals surface area contributed by atoms with Crippen molar-refractivity contribution in [1.29, 1.82) is 0 Å². The van der Waals surface area contributed by atoms with E-state index < -0.39 is 0 Å². The molecule has 0 aliphatic carbocycles. The van der Waals surface area contributed by atoms with E-state index in [0.717, 1.165) is 17.1 Å². The van der Waals surface area contributed by atoms with Crippen molar-refractivity contribution in [3.63, 3.8) is 0 Å². The summed E-state index contributed by atoms with van der Waals surface area (Å²) in [4.78, 5) is 3.66. The van der Waals surface area contributed by atoms with Crippen molar-refractivity contribution in [3.8, 4) is 0 Å². The average molecular weight is 115 g/mol. The Kier molecular flexibility index (Phi) is 5.40. The minimum Gasteiger partial charge on any atom is -0.241 e. The van der Waals surface area contributed by atoms with E-state index in [4.69, 9.17) is 0 Å². The monoisotopic (exact) mass is 115 g/mol. The fourth-order valence-electron chi connectivity index (χ4n) is 0.176. The van der Waals surface area contributed by atoms with Gasteiger partial charge in [-0.25, -0.2) is 4.99 Å². The van der Waals surface area contributed by atoms with Crippen molar-refractivity contribution in [2.45, 2.75) is 0 Å². The summed E-state index contributed by atoms with van der Waals surface area (Å²) >= 11 is 1.11. The first kappa shape index (κ1) is 6.67. The summed E-state index contributed by atoms with van der Waals surface area (Å²) in [6.07, 6.45) is 1.85. The Morgan fingerprint density at radius 2 is 2.71 bits per heavy atom. The van der Waals surface area contributed by atoms with Crippen LogP contribution in [0.5, 0.6) is 0 Å². The lowest BCUT2D eigenvalue weighted by atomic mass is 10.8. The summed E-state index contributed by atoms with van der Waals surface area (Å²) in [6.45, 7) is 3.54. The maximum atomic E-state index is 3.66. The van der Waals surface area contributed by atoms with Crippen LogP contribution in [0.15, 0.2) is 17.6 Å². The molecule has 0 aliphatic heterocycles. The predicted molar refractivity (Wildman–Crippen MR) is 37.4 cm³/mol. The van der Waals surface area contributed by atoms with Crippen LogP contribution >= 0.6 is 11.4 Å². The fraction of sp³-hybridized carbons (Fsp3) is 0.400. The van der Waals surface area contributed by atoms with Gasteiger partial charge >= 0.3 is 0 Å². The van der Waals surface area contributed by atoms with E-state index in [-0.39, 0.29) is 0 Å². The van der Waals surface area contributed by atoms with E-state index >= 15 is 0 Å². The molecular weight excluding hydrogens is 106 g/mol. The van der Waals surface area contributed by atoms with Gasteiger partial charge in [0.15, 0.2) is 0 Å². The fourth-order valence-corrected chi connectivity index (χ4v) is 0.528. The molecule has 0 aromatic rings. The number of aliphatic imine (C=N–C) groups is 1. The van der Waals surface area contributed by atoms with Gasteiger partial charge < -0.3 is 0 Å². The SMILES string of the molecule is C=CC[SH]=C=NC. The summed E-state index contributed by atoms with van der Waals surface area (Å²) in [5.41, 5.74) is 0. The van der Waals surface area contributed by atoms with Crippen LogP contribution in [-0.4, -0.2) is 18.0 Å². The van der Waals surface area contributed by atoms with Gasteiger partial charge in [0.2, 0.25) is 0 Å². The standard InChI is InChI=1S/C5H9NS/c1-3-4-7-5-6-2/h3,7H,1,4H2,2H3. The minimum absolute atomic E-state index is 0.956. The van der Waals surface area contributed by atoms with E-state index in [1.54, 1.807) is 7.05 Å². The molecule has 0 fully saturated rings. The van der Waals surface area contributed by atoms with Gasteiger partial charge in [0.05, 0.1) is 0 Å². The second-order valence-corrected chi connectivity index (χ2v) is 1.83. The quantitative estimate of drug-likeness (QED) is 0.240. The number of nitrogens with zero attached hydrogens (tertiary/aromatic N) is 1. The molecule has 0 spiro atoms. The number of hydrogen-bond acceptors (Lipinski definition) is 1. The Bertz CT molecular complexity index is 101. The molecule has 0 amide bonds. The van der Waals surface area contributed by atoms with Gasteiger partial charge in [-0.05, 0) is 0 Å². The third-order valence-corrected chi connectivity index (χ3v) is 1.17. The zero-order chi connectivity index (χ0) is 5.54. The Labute approximate surface area is 47.7 Å². The molecule has 40 valence electrons. The van der Waals surface area contributed by atoms with Gasteiger partial charge in [-0.1, -0.05) is 6.08 Å². The molecule has 7 heavy (non-hydrogen) atoms. The topological polar surface area (TPSA) is 12.4 Å². The molecule has 0 aliphatic rings. The van der Waals surface area contributed by atoms with Crippen LogP contribution in [0.2, 0.25) is 0 Å². The van der Waals surface area contributed by atoms with E-state index in [9.17, 15) is 0 Å². The third kappa shape index (κ3) is 5.67. The highest BCUT2D eigenvalue weighted by Crippen LogP contribution is 1.78. The summed E-state index contributed by atoms with van der Waals surface area (Å²) in [5.74, 6) is 0.956. The molecular formula is C5H9NS.